The van der Waals surface area contributed by atoms with E-state index in [1.807, 2.05) is 53.2 Å². The summed E-state index contributed by atoms with van der Waals surface area (Å²) in [4.78, 5) is 18.9. The lowest BCUT2D eigenvalue weighted by molar-refractivity contribution is -0.189. The number of ether oxygens (including phenoxy) is 3. The van der Waals surface area contributed by atoms with E-state index in [9.17, 15) is 0 Å². The van der Waals surface area contributed by atoms with Crippen molar-refractivity contribution in [3.8, 4) is 17.1 Å². The zero-order chi connectivity index (χ0) is 33.2. The molecule has 2 aliphatic heterocycles. The van der Waals surface area contributed by atoms with Crippen molar-refractivity contribution >= 4 is 45.6 Å². The Hall–Kier alpha value is -4.67. The average Bonchev–Trinajstić information content (AvgIpc) is 3.81. The van der Waals surface area contributed by atoms with Crippen LogP contribution in [0.2, 0.25) is 10.0 Å². The molecule has 0 saturated carbocycles. The van der Waals surface area contributed by atoms with Gasteiger partial charge in [0.15, 0.2) is 5.82 Å². The van der Waals surface area contributed by atoms with Gasteiger partial charge in [0.2, 0.25) is 5.79 Å². The van der Waals surface area contributed by atoms with Crippen LogP contribution in [0.5, 0.6) is 5.75 Å². The summed E-state index contributed by atoms with van der Waals surface area (Å²) in [6.45, 7) is 4.51. The maximum Gasteiger partial charge on any atom is 0.215 e. The number of aromatic nitrogens is 4. The number of rotatable bonds is 9. The number of halogens is 2. The van der Waals surface area contributed by atoms with Gasteiger partial charge in [-0.2, -0.15) is 0 Å². The van der Waals surface area contributed by atoms with Crippen molar-refractivity contribution in [1.29, 1.82) is 0 Å². The SMILES string of the molecule is Clc1ccc([C@]2(Cn3ccnc3)OC[C@@H](COc3ccc(N4CCN(c5nc(-c6ccccc6)nc6ccccc56)CC4)cc3)O2)c(Cl)c1. The highest BCUT2D eigenvalue weighted by Gasteiger charge is 2.45. The molecule has 0 bridgehead atoms. The predicted octanol–water partition coefficient (Wildman–Crippen LogP) is 7.47. The molecule has 2 atom stereocenters. The van der Waals surface area contributed by atoms with Crippen molar-refractivity contribution in [2.45, 2.75) is 18.4 Å². The summed E-state index contributed by atoms with van der Waals surface area (Å²) >= 11 is 12.8. The van der Waals surface area contributed by atoms with Gasteiger partial charge in [0.05, 0.1) is 30.0 Å². The number of anilines is 2. The Bertz CT molecular complexity index is 2040. The standard InChI is InChI=1S/C38H34Cl2N6O3/c39-28-10-15-33(34(40)22-28)38(25-44-17-16-41-26-44)48-24-31(49-38)23-47-30-13-11-29(12-14-30)45-18-20-46(21-19-45)37-32-8-4-5-9-35(32)42-36(43-37)27-6-2-1-3-7-27/h1-17,22,26,31H,18-21,23-25H2/t31-,38-/m1/s1. The van der Waals surface area contributed by atoms with Gasteiger partial charge in [-0.3, -0.25) is 0 Å². The number of fused-ring (bicyclic) bond motifs is 1. The molecule has 0 unspecified atom stereocenters. The van der Waals surface area contributed by atoms with Crippen LogP contribution in [0.25, 0.3) is 22.3 Å². The molecule has 4 aromatic carbocycles. The monoisotopic (exact) mass is 692 g/mol. The first kappa shape index (κ1) is 31.6. The molecule has 2 aromatic heterocycles. The van der Waals surface area contributed by atoms with Gasteiger partial charge >= 0.3 is 0 Å². The highest BCUT2D eigenvalue weighted by molar-refractivity contribution is 6.35. The van der Waals surface area contributed by atoms with Gasteiger partial charge in [0.1, 0.15) is 24.3 Å². The maximum absolute atomic E-state index is 6.62. The van der Waals surface area contributed by atoms with Gasteiger partial charge in [-0.05, 0) is 48.5 Å². The minimum absolute atomic E-state index is 0.302. The van der Waals surface area contributed by atoms with Crippen molar-refractivity contribution in [2.75, 3.05) is 49.2 Å². The Morgan fingerprint density at radius 3 is 2.39 bits per heavy atom. The number of para-hydroxylation sites is 1. The van der Waals surface area contributed by atoms with Crippen molar-refractivity contribution < 1.29 is 14.2 Å². The Kier molecular flexibility index (Phi) is 8.82. The molecule has 2 fully saturated rings. The lowest BCUT2D eigenvalue weighted by Gasteiger charge is -2.37. The van der Waals surface area contributed by atoms with Gasteiger partial charge in [-0.25, -0.2) is 15.0 Å². The first-order chi connectivity index (χ1) is 24.0. The first-order valence-electron chi connectivity index (χ1n) is 16.3. The highest BCUT2D eigenvalue weighted by atomic mass is 35.5. The summed E-state index contributed by atoms with van der Waals surface area (Å²) < 4.78 is 20.9. The third-order valence-electron chi connectivity index (χ3n) is 8.98. The van der Waals surface area contributed by atoms with E-state index in [0.717, 1.165) is 65.7 Å². The number of benzene rings is 4. The van der Waals surface area contributed by atoms with E-state index in [2.05, 4.69) is 57.2 Å². The molecule has 2 saturated heterocycles. The van der Waals surface area contributed by atoms with Crippen LogP contribution in [0.15, 0.2) is 116 Å². The zero-order valence-electron chi connectivity index (χ0n) is 26.7. The number of hydrogen-bond donors (Lipinski definition) is 0. The first-order valence-corrected chi connectivity index (χ1v) is 17.1. The second kappa shape index (κ2) is 13.7. The molecule has 0 aliphatic carbocycles. The molecule has 2 aliphatic rings. The Morgan fingerprint density at radius 1 is 0.837 bits per heavy atom. The second-order valence-corrected chi connectivity index (χ2v) is 13.0. The van der Waals surface area contributed by atoms with Crippen molar-refractivity contribution in [2.24, 2.45) is 0 Å². The molecule has 4 heterocycles. The predicted molar refractivity (Wildman–Crippen MR) is 193 cm³/mol. The van der Waals surface area contributed by atoms with E-state index in [4.69, 9.17) is 47.4 Å². The number of imidazole rings is 1. The summed E-state index contributed by atoms with van der Waals surface area (Å²) in [5, 5.41) is 2.10. The largest absolute Gasteiger partial charge is 0.491 e. The molecular formula is C38H34Cl2N6O3. The topological polar surface area (TPSA) is 77.8 Å². The van der Waals surface area contributed by atoms with Gasteiger partial charge in [-0.1, -0.05) is 71.7 Å². The van der Waals surface area contributed by atoms with Crippen LogP contribution >= 0.6 is 23.2 Å². The zero-order valence-corrected chi connectivity index (χ0v) is 28.2. The average molecular weight is 694 g/mol. The van der Waals surface area contributed by atoms with Gasteiger partial charge < -0.3 is 28.6 Å². The summed E-state index contributed by atoms with van der Waals surface area (Å²) in [6.07, 6.45) is 5.01. The molecule has 9 nitrogen and oxygen atoms in total. The normalized spacial score (nSPS) is 19.4. The van der Waals surface area contributed by atoms with Crippen LogP contribution < -0.4 is 14.5 Å². The fraction of sp³-hybridized carbons (Fsp3) is 0.237. The van der Waals surface area contributed by atoms with E-state index >= 15 is 0 Å². The Morgan fingerprint density at radius 2 is 1.61 bits per heavy atom. The van der Waals surface area contributed by atoms with E-state index in [-0.39, 0.29) is 6.10 Å². The van der Waals surface area contributed by atoms with E-state index in [0.29, 0.717) is 35.4 Å². The number of hydrogen-bond acceptors (Lipinski definition) is 8. The maximum atomic E-state index is 6.62. The van der Waals surface area contributed by atoms with Gasteiger partial charge in [0.25, 0.3) is 0 Å². The van der Waals surface area contributed by atoms with Crippen LogP contribution in [0.1, 0.15) is 5.56 Å². The molecule has 248 valence electrons. The summed E-state index contributed by atoms with van der Waals surface area (Å²) in [7, 11) is 0. The van der Waals surface area contributed by atoms with Crippen LogP contribution in [-0.4, -0.2) is 65.0 Å². The van der Waals surface area contributed by atoms with Gasteiger partial charge in [0, 0.05) is 65.8 Å². The third kappa shape index (κ3) is 6.67. The van der Waals surface area contributed by atoms with E-state index in [1.54, 1.807) is 24.7 Å². The Labute approximate surface area is 294 Å². The summed E-state index contributed by atoms with van der Waals surface area (Å²) in [6, 6.07) is 32.0. The van der Waals surface area contributed by atoms with Crippen LogP contribution in [0.4, 0.5) is 11.5 Å². The summed E-state index contributed by atoms with van der Waals surface area (Å²) in [5.41, 5.74) is 3.84. The molecule has 6 aromatic rings. The van der Waals surface area contributed by atoms with Crippen molar-refractivity contribution in [3.05, 3.63) is 131 Å². The lowest BCUT2D eigenvalue weighted by Crippen LogP contribution is -2.47. The molecule has 11 heteroatoms. The van der Waals surface area contributed by atoms with Gasteiger partial charge in [-0.15, -0.1) is 0 Å². The highest BCUT2D eigenvalue weighted by Crippen LogP contribution is 2.41. The molecule has 0 amide bonds. The van der Waals surface area contributed by atoms with E-state index in [1.165, 1.54) is 0 Å². The number of nitrogens with zero attached hydrogens (tertiary/aromatic N) is 6. The fourth-order valence-corrected chi connectivity index (χ4v) is 7.06. The minimum atomic E-state index is -1.09. The lowest BCUT2D eigenvalue weighted by atomic mass is 10.1. The van der Waals surface area contributed by atoms with Crippen molar-refractivity contribution in [1.82, 2.24) is 19.5 Å². The molecule has 0 radical (unpaired) electrons. The third-order valence-corrected chi connectivity index (χ3v) is 9.53. The minimum Gasteiger partial charge on any atom is -0.491 e. The molecule has 49 heavy (non-hydrogen) atoms. The van der Waals surface area contributed by atoms with Crippen LogP contribution in [-0.2, 0) is 21.8 Å². The number of piperazine rings is 1. The fourth-order valence-electron chi connectivity index (χ4n) is 6.51. The summed E-state index contributed by atoms with van der Waals surface area (Å²) in [5.74, 6) is 1.41. The smallest absolute Gasteiger partial charge is 0.215 e. The van der Waals surface area contributed by atoms with Crippen LogP contribution in [0.3, 0.4) is 0 Å². The van der Waals surface area contributed by atoms with Crippen molar-refractivity contribution in [3.63, 3.8) is 0 Å². The Balaban J connectivity index is 0.907. The van der Waals surface area contributed by atoms with E-state index < -0.39 is 5.79 Å². The molecule has 8 rings (SSSR count). The molecule has 0 N–H and O–H groups in total. The quantitative estimate of drug-likeness (QED) is 0.154. The second-order valence-electron chi connectivity index (χ2n) is 12.2. The van der Waals surface area contributed by atoms with Crippen LogP contribution in [0, 0.1) is 0 Å². The molecular weight excluding hydrogens is 659 g/mol. The molecule has 0 spiro atoms.